The van der Waals surface area contributed by atoms with Gasteiger partial charge in [-0.15, -0.1) is 0 Å². The minimum absolute atomic E-state index is 0.0921. The first-order chi connectivity index (χ1) is 7.23. The van der Waals surface area contributed by atoms with Crippen LogP contribution in [0.15, 0.2) is 0 Å². The van der Waals surface area contributed by atoms with Crippen LogP contribution in [0.2, 0.25) is 0 Å². The Morgan fingerprint density at radius 1 is 1.38 bits per heavy atom. The molecule has 0 aromatic heterocycles. The van der Waals surface area contributed by atoms with Crippen molar-refractivity contribution >= 4 is 5.97 Å². The van der Waals surface area contributed by atoms with Crippen LogP contribution in [0.4, 0.5) is 0 Å². The molecule has 16 heavy (non-hydrogen) atoms. The number of nitrogens with one attached hydrogen (secondary N) is 1. The lowest BCUT2D eigenvalue weighted by atomic mass is 9.89. The number of hydrogen-bond donors (Lipinski definition) is 2. The van der Waals surface area contributed by atoms with Gasteiger partial charge >= 0.3 is 5.97 Å². The molecule has 4 heteroatoms. The number of hydrogen-bond acceptors (Lipinski definition) is 4. The zero-order valence-electron chi connectivity index (χ0n) is 10.4. The van der Waals surface area contributed by atoms with Crippen LogP contribution in [-0.4, -0.2) is 35.4 Å². The number of carbonyl (C=O) groups excluding carboxylic acids is 1. The van der Waals surface area contributed by atoms with Gasteiger partial charge in [-0.3, -0.25) is 4.79 Å². The minimum Gasteiger partial charge on any atom is -0.461 e. The molecule has 2 aliphatic rings. The lowest BCUT2D eigenvalue weighted by Gasteiger charge is -2.22. The lowest BCUT2D eigenvalue weighted by molar-refractivity contribution is -0.156. The Balaban J connectivity index is 1.86. The van der Waals surface area contributed by atoms with Crippen molar-refractivity contribution in [2.24, 2.45) is 11.3 Å². The van der Waals surface area contributed by atoms with E-state index in [4.69, 9.17) is 4.74 Å². The molecular formula is C12H21NO3. The molecule has 2 fully saturated rings. The Kier molecular flexibility index (Phi) is 2.55. The van der Waals surface area contributed by atoms with Crippen LogP contribution < -0.4 is 5.32 Å². The Morgan fingerprint density at radius 2 is 1.94 bits per heavy atom. The third-order valence-electron chi connectivity index (χ3n) is 3.70. The second kappa shape index (κ2) is 3.44. The van der Waals surface area contributed by atoms with Crippen LogP contribution in [0.3, 0.4) is 0 Å². The van der Waals surface area contributed by atoms with E-state index in [1.807, 2.05) is 13.8 Å². The molecular weight excluding hydrogens is 206 g/mol. The highest BCUT2D eigenvalue weighted by Crippen LogP contribution is 2.43. The van der Waals surface area contributed by atoms with Crippen molar-refractivity contribution in [2.75, 3.05) is 6.54 Å². The summed E-state index contributed by atoms with van der Waals surface area (Å²) >= 11 is 0. The van der Waals surface area contributed by atoms with Gasteiger partial charge in [0.2, 0.25) is 0 Å². The Bertz CT molecular complexity index is 302. The van der Waals surface area contributed by atoms with Crippen LogP contribution in [0.1, 0.15) is 34.1 Å². The summed E-state index contributed by atoms with van der Waals surface area (Å²) in [5.74, 6) is -0.0568. The molecule has 1 saturated heterocycles. The van der Waals surface area contributed by atoms with Crippen molar-refractivity contribution in [3.05, 3.63) is 0 Å². The molecule has 0 bridgehead atoms. The first-order valence-electron chi connectivity index (χ1n) is 5.90. The summed E-state index contributed by atoms with van der Waals surface area (Å²) in [5.41, 5.74) is -1.19. The minimum atomic E-state index is -0.743. The summed E-state index contributed by atoms with van der Waals surface area (Å²) in [5, 5.41) is 12.9. The van der Waals surface area contributed by atoms with Gasteiger partial charge < -0.3 is 15.2 Å². The van der Waals surface area contributed by atoms with Gasteiger partial charge in [0.05, 0.1) is 11.0 Å². The average Bonchev–Trinajstić information content (AvgIpc) is 2.97. The first-order valence-corrected chi connectivity index (χ1v) is 5.90. The third-order valence-corrected chi connectivity index (χ3v) is 3.70. The molecule has 1 aliphatic heterocycles. The van der Waals surface area contributed by atoms with Crippen molar-refractivity contribution in [3.63, 3.8) is 0 Å². The highest BCUT2D eigenvalue weighted by Gasteiger charge is 2.52. The average molecular weight is 227 g/mol. The van der Waals surface area contributed by atoms with Gasteiger partial charge in [-0.05, 0) is 34.1 Å². The van der Waals surface area contributed by atoms with Gasteiger partial charge in [-0.25, -0.2) is 0 Å². The standard InChI is InChI=1S/C12H21NO3/c1-11(2,9-6-13-9)10(14)16-8-5-7(8)12(3,4)15/h7-9,13,15H,5-6H2,1-4H3. The summed E-state index contributed by atoms with van der Waals surface area (Å²) in [6.07, 6.45) is 0.689. The van der Waals surface area contributed by atoms with Gasteiger partial charge in [-0.2, -0.15) is 0 Å². The molecule has 1 saturated carbocycles. The third kappa shape index (κ3) is 2.23. The van der Waals surface area contributed by atoms with Crippen LogP contribution >= 0.6 is 0 Å². The highest BCUT2D eigenvalue weighted by atomic mass is 16.6. The maximum atomic E-state index is 11.9. The fraction of sp³-hybridized carbons (Fsp3) is 0.917. The fourth-order valence-corrected chi connectivity index (χ4v) is 2.05. The van der Waals surface area contributed by atoms with Crippen molar-refractivity contribution in [3.8, 4) is 0 Å². The van der Waals surface area contributed by atoms with Gasteiger partial charge in [0, 0.05) is 18.5 Å². The first kappa shape index (κ1) is 11.9. The molecule has 2 rings (SSSR count). The maximum Gasteiger partial charge on any atom is 0.313 e. The Morgan fingerprint density at radius 3 is 2.31 bits per heavy atom. The van der Waals surface area contributed by atoms with Crippen LogP contribution in [0, 0.1) is 11.3 Å². The van der Waals surface area contributed by atoms with Gasteiger partial charge in [0.25, 0.3) is 0 Å². The van der Waals surface area contributed by atoms with Gasteiger partial charge in [-0.1, -0.05) is 0 Å². The molecule has 2 N–H and O–H groups in total. The second-order valence-electron chi connectivity index (χ2n) is 6.12. The lowest BCUT2D eigenvalue weighted by Crippen LogP contribution is -2.35. The largest absolute Gasteiger partial charge is 0.461 e. The quantitative estimate of drug-likeness (QED) is 0.547. The topological polar surface area (TPSA) is 68.5 Å². The fourth-order valence-electron chi connectivity index (χ4n) is 2.05. The zero-order valence-corrected chi connectivity index (χ0v) is 10.4. The summed E-state index contributed by atoms with van der Waals surface area (Å²) in [4.78, 5) is 11.9. The van der Waals surface area contributed by atoms with E-state index < -0.39 is 11.0 Å². The molecule has 4 nitrogen and oxygen atoms in total. The van der Waals surface area contributed by atoms with E-state index in [1.165, 1.54) is 0 Å². The van der Waals surface area contributed by atoms with E-state index in [2.05, 4.69) is 5.32 Å². The molecule has 0 spiro atoms. The van der Waals surface area contributed by atoms with E-state index in [0.29, 0.717) is 0 Å². The number of aliphatic hydroxyl groups is 1. The number of esters is 1. The predicted molar refractivity (Wildman–Crippen MR) is 59.9 cm³/mol. The van der Waals surface area contributed by atoms with E-state index >= 15 is 0 Å². The summed E-state index contributed by atoms with van der Waals surface area (Å²) in [6.45, 7) is 8.23. The summed E-state index contributed by atoms with van der Waals surface area (Å²) in [7, 11) is 0. The maximum absolute atomic E-state index is 11.9. The molecule has 0 amide bonds. The molecule has 0 aromatic carbocycles. The predicted octanol–water partition coefficient (Wildman–Crippen LogP) is 0.687. The molecule has 92 valence electrons. The van der Waals surface area contributed by atoms with Crippen LogP contribution in [0.5, 0.6) is 0 Å². The monoisotopic (exact) mass is 227 g/mol. The normalized spacial score (nSPS) is 33.4. The van der Waals surface area contributed by atoms with Crippen molar-refractivity contribution in [1.82, 2.24) is 5.32 Å². The second-order valence-corrected chi connectivity index (χ2v) is 6.12. The molecule has 1 heterocycles. The Hall–Kier alpha value is -0.610. The number of carbonyl (C=O) groups is 1. The van der Waals surface area contributed by atoms with E-state index in [1.54, 1.807) is 13.8 Å². The zero-order chi connectivity index (χ0) is 12.1. The summed E-state index contributed by atoms with van der Waals surface area (Å²) < 4.78 is 5.43. The van der Waals surface area contributed by atoms with Crippen molar-refractivity contribution < 1.29 is 14.6 Å². The molecule has 0 aromatic rings. The number of rotatable bonds is 4. The van der Waals surface area contributed by atoms with Crippen molar-refractivity contribution in [2.45, 2.75) is 51.9 Å². The Labute approximate surface area is 96.4 Å². The van der Waals surface area contributed by atoms with E-state index in [-0.39, 0.29) is 24.0 Å². The van der Waals surface area contributed by atoms with Crippen LogP contribution in [0.25, 0.3) is 0 Å². The van der Waals surface area contributed by atoms with Crippen LogP contribution in [-0.2, 0) is 9.53 Å². The van der Waals surface area contributed by atoms with E-state index in [0.717, 1.165) is 13.0 Å². The molecule has 3 atom stereocenters. The highest BCUT2D eigenvalue weighted by molar-refractivity contribution is 5.78. The summed E-state index contributed by atoms with van der Waals surface area (Å²) in [6, 6.07) is 0.249. The van der Waals surface area contributed by atoms with Crippen molar-refractivity contribution in [1.29, 1.82) is 0 Å². The molecule has 0 radical (unpaired) electrons. The SMILES string of the molecule is CC(C)(O)C1CC1OC(=O)C(C)(C)C1CN1. The molecule has 3 unspecified atom stereocenters. The van der Waals surface area contributed by atoms with Gasteiger partial charge in [0.1, 0.15) is 6.10 Å². The van der Waals surface area contributed by atoms with E-state index in [9.17, 15) is 9.90 Å². The number of ether oxygens (including phenoxy) is 1. The van der Waals surface area contributed by atoms with Gasteiger partial charge in [0.15, 0.2) is 0 Å². The smallest absolute Gasteiger partial charge is 0.313 e. The molecule has 1 aliphatic carbocycles.